The molecular weight excluding hydrogens is 304 g/mol. The number of rotatable bonds is 0. The van der Waals surface area contributed by atoms with Gasteiger partial charge in [-0.3, -0.25) is 0 Å². The number of allylic oxidation sites excluding steroid dienone is 1. The van der Waals surface area contributed by atoms with Gasteiger partial charge in [-0.15, -0.1) is 0 Å². The van der Waals surface area contributed by atoms with Gasteiger partial charge in [-0.25, -0.2) is 0 Å². The van der Waals surface area contributed by atoms with Crippen molar-refractivity contribution in [3.05, 3.63) is 36.0 Å². The molecule has 0 aromatic rings. The van der Waals surface area contributed by atoms with E-state index in [9.17, 15) is 10.2 Å². The van der Waals surface area contributed by atoms with E-state index < -0.39 is 17.3 Å². The van der Waals surface area contributed by atoms with Crippen molar-refractivity contribution in [1.82, 2.24) is 0 Å². The maximum Gasteiger partial charge on any atom is 0.118 e. The summed E-state index contributed by atoms with van der Waals surface area (Å²) < 4.78 is 12.0. The van der Waals surface area contributed by atoms with Gasteiger partial charge in [0.25, 0.3) is 0 Å². The summed E-state index contributed by atoms with van der Waals surface area (Å²) in [5.41, 5.74) is 1.28. The van der Waals surface area contributed by atoms with E-state index >= 15 is 0 Å². The molecule has 3 aliphatic heterocycles. The van der Waals surface area contributed by atoms with Crippen LogP contribution in [0.4, 0.5) is 0 Å². The SMILES string of the molecule is C=C1CC[C@@]2(O)C(=C)CO[C@H]2/C=C(\C)CC[C@@H](O)[C@@]2(C)CC[C@@H]1O2. The minimum absolute atomic E-state index is 0.0444. The van der Waals surface area contributed by atoms with Crippen LogP contribution in [0.25, 0.3) is 0 Å². The fourth-order valence-electron chi connectivity index (χ4n) is 4.08. The van der Waals surface area contributed by atoms with Crippen LogP contribution in [0, 0.1) is 0 Å². The molecular formula is C20H30O4. The number of fused-ring (bicyclic) bond motifs is 3. The van der Waals surface area contributed by atoms with Crippen molar-refractivity contribution in [2.24, 2.45) is 0 Å². The molecule has 4 heteroatoms. The predicted molar refractivity (Wildman–Crippen MR) is 93.7 cm³/mol. The van der Waals surface area contributed by atoms with E-state index in [4.69, 9.17) is 9.47 Å². The number of ether oxygens (including phenoxy) is 2. The Hall–Kier alpha value is -0.940. The molecule has 2 bridgehead atoms. The smallest absolute Gasteiger partial charge is 0.118 e. The molecule has 3 rings (SSSR count). The van der Waals surface area contributed by atoms with E-state index in [1.807, 2.05) is 19.9 Å². The second-order valence-corrected chi connectivity index (χ2v) is 7.94. The monoisotopic (exact) mass is 334 g/mol. The van der Waals surface area contributed by atoms with Gasteiger partial charge in [0.1, 0.15) is 11.7 Å². The number of aliphatic hydroxyl groups is 2. The summed E-state index contributed by atoms with van der Waals surface area (Å²) in [6.45, 7) is 12.6. The average molecular weight is 334 g/mol. The molecule has 3 heterocycles. The minimum atomic E-state index is -1.04. The third-order valence-corrected chi connectivity index (χ3v) is 6.07. The number of aliphatic hydroxyl groups excluding tert-OH is 1. The van der Waals surface area contributed by atoms with E-state index in [0.29, 0.717) is 25.9 Å². The normalized spacial score (nSPS) is 46.5. The van der Waals surface area contributed by atoms with Crippen molar-refractivity contribution in [3.8, 4) is 0 Å². The zero-order valence-corrected chi connectivity index (χ0v) is 14.9. The lowest BCUT2D eigenvalue weighted by Crippen LogP contribution is -2.39. The van der Waals surface area contributed by atoms with E-state index in [2.05, 4.69) is 13.2 Å². The Morgan fingerprint density at radius 2 is 1.96 bits per heavy atom. The van der Waals surface area contributed by atoms with Gasteiger partial charge < -0.3 is 19.7 Å². The Balaban J connectivity index is 1.88. The van der Waals surface area contributed by atoms with Crippen LogP contribution in [0.5, 0.6) is 0 Å². The highest BCUT2D eigenvalue weighted by Crippen LogP contribution is 2.41. The summed E-state index contributed by atoms with van der Waals surface area (Å²) in [6, 6.07) is 0. The summed E-state index contributed by atoms with van der Waals surface area (Å²) in [7, 11) is 0. The quantitative estimate of drug-likeness (QED) is 0.669. The molecule has 0 radical (unpaired) electrons. The van der Waals surface area contributed by atoms with Crippen LogP contribution < -0.4 is 0 Å². The third kappa shape index (κ3) is 3.13. The van der Waals surface area contributed by atoms with Crippen LogP contribution >= 0.6 is 0 Å². The molecule has 5 atom stereocenters. The van der Waals surface area contributed by atoms with Crippen LogP contribution in [-0.2, 0) is 9.47 Å². The number of hydrogen-bond acceptors (Lipinski definition) is 4. The van der Waals surface area contributed by atoms with Crippen LogP contribution in [0.15, 0.2) is 36.0 Å². The van der Waals surface area contributed by atoms with E-state index in [-0.39, 0.29) is 12.2 Å². The fraction of sp³-hybridized carbons (Fsp3) is 0.700. The molecule has 0 spiro atoms. The topological polar surface area (TPSA) is 58.9 Å². The van der Waals surface area contributed by atoms with Crippen molar-refractivity contribution >= 4 is 0 Å². The summed E-state index contributed by atoms with van der Waals surface area (Å²) in [4.78, 5) is 0. The highest BCUT2D eigenvalue weighted by Gasteiger charge is 2.46. The zero-order chi connectivity index (χ0) is 17.5. The van der Waals surface area contributed by atoms with Crippen LogP contribution in [0.3, 0.4) is 0 Å². The molecule has 0 aromatic carbocycles. The van der Waals surface area contributed by atoms with E-state index in [1.165, 1.54) is 0 Å². The molecule has 0 amide bonds. The molecule has 4 nitrogen and oxygen atoms in total. The minimum Gasteiger partial charge on any atom is -0.390 e. The van der Waals surface area contributed by atoms with Crippen molar-refractivity contribution in [3.63, 3.8) is 0 Å². The number of hydrogen-bond donors (Lipinski definition) is 2. The Morgan fingerprint density at radius 3 is 2.71 bits per heavy atom. The Bertz CT molecular complexity index is 566. The van der Waals surface area contributed by atoms with Gasteiger partial charge in [0.05, 0.1) is 24.4 Å². The molecule has 3 aliphatic rings. The molecule has 0 saturated carbocycles. The first-order valence-electron chi connectivity index (χ1n) is 8.98. The molecule has 2 saturated heterocycles. The molecule has 2 N–H and O–H groups in total. The van der Waals surface area contributed by atoms with Gasteiger partial charge in [0.15, 0.2) is 0 Å². The molecule has 24 heavy (non-hydrogen) atoms. The Labute approximate surface area is 144 Å². The lowest BCUT2D eigenvalue weighted by Gasteiger charge is -2.31. The van der Waals surface area contributed by atoms with Crippen molar-refractivity contribution in [2.75, 3.05) is 6.61 Å². The second-order valence-electron chi connectivity index (χ2n) is 7.94. The standard InChI is InChI=1S/C20H30O4/c1-13-5-6-17(21)19(4)9-8-16(24-19)14(2)7-10-20(22)15(3)12-23-18(20)11-13/h11,16-18,21-22H,2-3,5-10,12H2,1,4H3/b13-11+/t16-,17+,18-,19+,20+/m0/s1. The largest absolute Gasteiger partial charge is 0.390 e. The Morgan fingerprint density at radius 1 is 1.21 bits per heavy atom. The van der Waals surface area contributed by atoms with Crippen LogP contribution in [0.2, 0.25) is 0 Å². The zero-order valence-electron chi connectivity index (χ0n) is 14.9. The molecule has 0 aliphatic carbocycles. The van der Waals surface area contributed by atoms with Crippen LogP contribution in [-0.4, -0.2) is 46.3 Å². The maximum atomic E-state index is 11.1. The first kappa shape index (κ1) is 17.9. The second kappa shape index (κ2) is 6.41. The molecule has 134 valence electrons. The Kier molecular flexibility index (Phi) is 4.77. The third-order valence-electron chi connectivity index (χ3n) is 6.07. The average Bonchev–Trinajstić information content (AvgIpc) is 3.07. The summed E-state index contributed by atoms with van der Waals surface area (Å²) >= 11 is 0. The van der Waals surface area contributed by atoms with Gasteiger partial charge in [-0.05, 0) is 63.5 Å². The fourth-order valence-corrected chi connectivity index (χ4v) is 4.08. The molecule has 0 aromatic heterocycles. The summed E-state index contributed by atoms with van der Waals surface area (Å²) in [5, 5.41) is 21.8. The van der Waals surface area contributed by atoms with Gasteiger partial charge in [-0.1, -0.05) is 24.8 Å². The van der Waals surface area contributed by atoms with E-state index in [1.54, 1.807) is 0 Å². The van der Waals surface area contributed by atoms with Gasteiger partial charge in [0, 0.05) is 0 Å². The predicted octanol–water partition coefficient (Wildman–Crippen LogP) is 3.05. The molecule has 2 fully saturated rings. The van der Waals surface area contributed by atoms with Crippen molar-refractivity contribution in [2.45, 2.75) is 81.9 Å². The highest BCUT2D eigenvalue weighted by atomic mass is 16.5. The summed E-state index contributed by atoms with van der Waals surface area (Å²) in [5.74, 6) is 0. The van der Waals surface area contributed by atoms with E-state index in [0.717, 1.165) is 36.0 Å². The lowest BCUT2D eigenvalue weighted by molar-refractivity contribution is -0.0990. The first-order chi connectivity index (χ1) is 11.2. The first-order valence-corrected chi connectivity index (χ1v) is 8.98. The van der Waals surface area contributed by atoms with Crippen molar-refractivity contribution in [1.29, 1.82) is 0 Å². The van der Waals surface area contributed by atoms with Gasteiger partial charge in [0.2, 0.25) is 0 Å². The van der Waals surface area contributed by atoms with Gasteiger partial charge >= 0.3 is 0 Å². The van der Waals surface area contributed by atoms with Gasteiger partial charge in [-0.2, -0.15) is 0 Å². The molecule has 0 unspecified atom stereocenters. The van der Waals surface area contributed by atoms with Crippen LogP contribution in [0.1, 0.15) is 52.4 Å². The summed E-state index contributed by atoms with van der Waals surface area (Å²) in [6.07, 6.45) is 5.39. The maximum absolute atomic E-state index is 11.1. The lowest BCUT2D eigenvalue weighted by atomic mass is 9.83. The highest BCUT2D eigenvalue weighted by molar-refractivity contribution is 5.27. The van der Waals surface area contributed by atoms with Crippen molar-refractivity contribution < 1.29 is 19.7 Å².